The molecule has 0 amide bonds. The molecule has 0 radical (unpaired) electrons. The molecule has 6 heteroatoms. The van der Waals surface area contributed by atoms with E-state index >= 15 is 0 Å². The summed E-state index contributed by atoms with van der Waals surface area (Å²) in [6, 6.07) is 8.05. The van der Waals surface area contributed by atoms with E-state index < -0.39 is 0 Å². The summed E-state index contributed by atoms with van der Waals surface area (Å²) >= 11 is 11.4. The predicted octanol–water partition coefficient (Wildman–Crippen LogP) is 3.35. The van der Waals surface area contributed by atoms with Crippen LogP contribution in [-0.2, 0) is 13.1 Å². The molecule has 0 aliphatic rings. The zero-order valence-corrected chi connectivity index (χ0v) is 13.1. The Balaban J connectivity index is 1.94. The molecule has 2 rings (SSSR count). The minimum atomic E-state index is 0.546. The van der Waals surface area contributed by atoms with Crippen LogP contribution in [0.1, 0.15) is 18.2 Å². The number of benzene rings is 1. The third kappa shape index (κ3) is 3.71. The fourth-order valence-electron chi connectivity index (χ4n) is 1.90. The SMILES string of the molecule is CCn1ncc(Cl)c1CNC(=S)Nc1cccc(C)c1. The summed E-state index contributed by atoms with van der Waals surface area (Å²) in [7, 11) is 0. The van der Waals surface area contributed by atoms with E-state index in [4.69, 9.17) is 23.8 Å². The van der Waals surface area contributed by atoms with Crippen LogP contribution in [-0.4, -0.2) is 14.9 Å². The molecule has 1 aromatic carbocycles. The van der Waals surface area contributed by atoms with Gasteiger partial charge >= 0.3 is 0 Å². The van der Waals surface area contributed by atoms with Crippen LogP contribution in [0.2, 0.25) is 5.02 Å². The first-order valence-corrected chi connectivity index (χ1v) is 7.20. The molecule has 0 fully saturated rings. The number of aromatic nitrogens is 2. The summed E-state index contributed by atoms with van der Waals surface area (Å²) in [5.41, 5.74) is 3.09. The van der Waals surface area contributed by atoms with Gasteiger partial charge in [0.25, 0.3) is 0 Å². The van der Waals surface area contributed by atoms with Gasteiger partial charge in [0.05, 0.1) is 23.5 Å². The van der Waals surface area contributed by atoms with Gasteiger partial charge in [-0.2, -0.15) is 5.10 Å². The molecule has 0 saturated carbocycles. The van der Waals surface area contributed by atoms with Gasteiger partial charge in [0.15, 0.2) is 5.11 Å². The molecule has 2 N–H and O–H groups in total. The lowest BCUT2D eigenvalue weighted by atomic mass is 10.2. The number of aryl methyl sites for hydroxylation is 2. The number of nitrogens with zero attached hydrogens (tertiary/aromatic N) is 2. The molecule has 20 heavy (non-hydrogen) atoms. The number of nitrogens with one attached hydrogen (secondary N) is 2. The Morgan fingerprint density at radius 1 is 1.45 bits per heavy atom. The fraction of sp³-hybridized carbons (Fsp3) is 0.286. The van der Waals surface area contributed by atoms with E-state index in [2.05, 4.69) is 15.7 Å². The third-order valence-electron chi connectivity index (χ3n) is 2.89. The van der Waals surface area contributed by atoms with Crippen LogP contribution < -0.4 is 10.6 Å². The van der Waals surface area contributed by atoms with E-state index in [0.29, 0.717) is 16.7 Å². The maximum atomic E-state index is 6.10. The highest BCUT2D eigenvalue weighted by molar-refractivity contribution is 7.80. The lowest BCUT2D eigenvalue weighted by molar-refractivity contribution is 0.614. The van der Waals surface area contributed by atoms with E-state index in [1.807, 2.05) is 42.8 Å². The van der Waals surface area contributed by atoms with Crippen molar-refractivity contribution in [2.24, 2.45) is 0 Å². The Morgan fingerprint density at radius 3 is 2.95 bits per heavy atom. The van der Waals surface area contributed by atoms with Gasteiger partial charge < -0.3 is 10.6 Å². The van der Waals surface area contributed by atoms with Crippen molar-refractivity contribution in [3.05, 3.63) is 46.7 Å². The summed E-state index contributed by atoms with van der Waals surface area (Å²) in [6.07, 6.45) is 1.65. The highest BCUT2D eigenvalue weighted by Crippen LogP contribution is 2.15. The Morgan fingerprint density at radius 2 is 2.25 bits per heavy atom. The van der Waals surface area contributed by atoms with Crippen molar-refractivity contribution >= 4 is 34.6 Å². The largest absolute Gasteiger partial charge is 0.357 e. The lowest BCUT2D eigenvalue weighted by Crippen LogP contribution is -2.29. The van der Waals surface area contributed by atoms with Crippen LogP contribution in [0.3, 0.4) is 0 Å². The Kier molecular flexibility index (Phi) is 4.98. The van der Waals surface area contributed by atoms with Crippen molar-refractivity contribution in [1.29, 1.82) is 0 Å². The number of anilines is 1. The molecule has 0 aliphatic heterocycles. The molecule has 0 bridgehead atoms. The number of hydrogen-bond donors (Lipinski definition) is 2. The molecule has 0 aliphatic carbocycles. The Bertz CT molecular complexity index is 609. The molecule has 1 aromatic heterocycles. The fourth-order valence-corrected chi connectivity index (χ4v) is 2.30. The van der Waals surface area contributed by atoms with Gasteiger partial charge in [0, 0.05) is 12.2 Å². The summed E-state index contributed by atoms with van der Waals surface area (Å²) in [5.74, 6) is 0. The number of hydrogen-bond acceptors (Lipinski definition) is 2. The summed E-state index contributed by atoms with van der Waals surface area (Å²) < 4.78 is 1.85. The van der Waals surface area contributed by atoms with Gasteiger partial charge in [-0.3, -0.25) is 4.68 Å². The van der Waals surface area contributed by atoms with Crippen LogP contribution in [0.25, 0.3) is 0 Å². The Labute approximate surface area is 129 Å². The minimum absolute atomic E-state index is 0.546. The molecule has 0 saturated heterocycles. The van der Waals surface area contributed by atoms with Crippen LogP contribution >= 0.6 is 23.8 Å². The molecule has 0 atom stereocenters. The predicted molar refractivity (Wildman–Crippen MR) is 87.2 cm³/mol. The standard InChI is InChI=1S/C14H17ClN4S/c1-3-19-13(12(15)8-17-19)9-16-14(20)18-11-6-4-5-10(2)7-11/h4-8H,3,9H2,1-2H3,(H2,16,18,20). The topological polar surface area (TPSA) is 41.9 Å². The average Bonchev–Trinajstić information content (AvgIpc) is 2.77. The first-order chi connectivity index (χ1) is 9.60. The molecular weight excluding hydrogens is 292 g/mol. The molecule has 2 aromatic rings. The number of rotatable bonds is 4. The summed E-state index contributed by atoms with van der Waals surface area (Å²) in [4.78, 5) is 0. The Hall–Kier alpha value is -1.59. The average molecular weight is 309 g/mol. The van der Waals surface area contributed by atoms with Crippen LogP contribution in [0.15, 0.2) is 30.5 Å². The van der Waals surface area contributed by atoms with Crippen LogP contribution in [0, 0.1) is 6.92 Å². The summed E-state index contributed by atoms with van der Waals surface area (Å²) in [5, 5.41) is 11.7. The monoisotopic (exact) mass is 308 g/mol. The van der Waals surface area contributed by atoms with Gasteiger partial charge in [-0.05, 0) is 43.8 Å². The highest BCUT2D eigenvalue weighted by Gasteiger charge is 2.08. The van der Waals surface area contributed by atoms with Gasteiger partial charge in [0.1, 0.15) is 0 Å². The normalized spacial score (nSPS) is 10.3. The van der Waals surface area contributed by atoms with Crippen molar-refractivity contribution in [2.75, 3.05) is 5.32 Å². The minimum Gasteiger partial charge on any atom is -0.357 e. The second-order valence-corrected chi connectivity index (χ2v) is 5.25. The summed E-state index contributed by atoms with van der Waals surface area (Å²) in [6.45, 7) is 5.39. The molecule has 1 heterocycles. The van der Waals surface area contributed by atoms with Crippen LogP contribution in [0.5, 0.6) is 0 Å². The zero-order valence-electron chi connectivity index (χ0n) is 11.5. The van der Waals surface area contributed by atoms with E-state index in [0.717, 1.165) is 17.9 Å². The maximum absolute atomic E-state index is 6.10. The maximum Gasteiger partial charge on any atom is 0.171 e. The van der Waals surface area contributed by atoms with Gasteiger partial charge in [-0.1, -0.05) is 23.7 Å². The van der Waals surface area contributed by atoms with E-state index in [1.165, 1.54) is 5.56 Å². The van der Waals surface area contributed by atoms with Gasteiger partial charge in [0.2, 0.25) is 0 Å². The van der Waals surface area contributed by atoms with Crippen LogP contribution in [0.4, 0.5) is 5.69 Å². The molecule has 0 spiro atoms. The lowest BCUT2D eigenvalue weighted by Gasteiger charge is -2.12. The van der Waals surface area contributed by atoms with Crippen molar-refractivity contribution in [3.8, 4) is 0 Å². The van der Waals surface area contributed by atoms with Crippen molar-refractivity contribution in [3.63, 3.8) is 0 Å². The molecule has 4 nitrogen and oxygen atoms in total. The van der Waals surface area contributed by atoms with Gasteiger partial charge in [-0.25, -0.2) is 0 Å². The number of thiocarbonyl (C=S) groups is 1. The second kappa shape index (κ2) is 6.72. The van der Waals surface area contributed by atoms with Gasteiger partial charge in [-0.15, -0.1) is 0 Å². The molecule has 0 unspecified atom stereocenters. The third-order valence-corrected chi connectivity index (χ3v) is 3.45. The molecule has 106 valence electrons. The van der Waals surface area contributed by atoms with Crippen molar-refractivity contribution in [2.45, 2.75) is 26.9 Å². The van der Waals surface area contributed by atoms with E-state index in [-0.39, 0.29) is 0 Å². The van der Waals surface area contributed by atoms with E-state index in [9.17, 15) is 0 Å². The van der Waals surface area contributed by atoms with Crippen molar-refractivity contribution in [1.82, 2.24) is 15.1 Å². The van der Waals surface area contributed by atoms with Crippen molar-refractivity contribution < 1.29 is 0 Å². The second-order valence-electron chi connectivity index (χ2n) is 4.43. The van der Waals surface area contributed by atoms with E-state index in [1.54, 1.807) is 6.20 Å². The zero-order chi connectivity index (χ0) is 14.5. The first-order valence-electron chi connectivity index (χ1n) is 6.42. The highest BCUT2D eigenvalue weighted by atomic mass is 35.5. The smallest absolute Gasteiger partial charge is 0.171 e. The first kappa shape index (κ1) is 14.8. The quantitative estimate of drug-likeness (QED) is 0.850. The molecular formula is C14H17ClN4S. The number of halogens is 1.